The van der Waals surface area contributed by atoms with Gasteiger partial charge in [0.1, 0.15) is 0 Å². The van der Waals surface area contributed by atoms with Crippen LogP contribution in [0.1, 0.15) is 19.8 Å². The summed E-state index contributed by atoms with van der Waals surface area (Å²) in [5.41, 5.74) is 0. The molecule has 0 rings (SSSR count). The molecular weight excluding hydrogens is 220 g/mol. The van der Waals surface area contributed by atoms with Crippen molar-refractivity contribution in [2.24, 2.45) is 5.34 Å². The molecule has 0 unspecified atom stereocenters. The number of nitrogens with zero attached hydrogens (tertiary/aromatic N) is 2. The third kappa shape index (κ3) is 15.7. The molecule has 8 heteroatoms. The predicted octanol–water partition coefficient (Wildman–Crippen LogP) is 0.0783. The monoisotopic (exact) mass is 240 g/mol. The van der Waals surface area contributed by atoms with Crippen molar-refractivity contribution in [3.8, 4) is 0 Å². The highest BCUT2D eigenvalue weighted by atomic mass is 16.9. The summed E-state index contributed by atoms with van der Waals surface area (Å²) in [6.45, 7) is 3.08. The summed E-state index contributed by atoms with van der Waals surface area (Å²) in [6.07, 6.45) is 2.00. The van der Waals surface area contributed by atoms with E-state index < -0.39 is 0 Å². The van der Waals surface area contributed by atoms with Crippen molar-refractivity contribution < 1.29 is 25.1 Å². The molecule has 0 heterocycles. The van der Waals surface area contributed by atoms with Crippen LogP contribution in [0.2, 0.25) is 0 Å². The van der Waals surface area contributed by atoms with Crippen molar-refractivity contribution >= 4 is 0 Å². The van der Waals surface area contributed by atoms with Crippen LogP contribution in [0.25, 0.3) is 0 Å². The van der Waals surface area contributed by atoms with E-state index in [-0.39, 0.29) is 26.4 Å². The molecule has 0 amide bonds. The first kappa shape index (κ1) is 17.6. The zero-order valence-electron chi connectivity index (χ0n) is 9.41. The number of hydrogen-bond donors (Lipinski definition) is 3. The van der Waals surface area contributed by atoms with E-state index in [1.165, 1.54) is 10.6 Å². The summed E-state index contributed by atoms with van der Waals surface area (Å²) in [7, 11) is 0. The van der Waals surface area contributed by atoms with Gasteiger partial charge >= 0.3 is 0 Å². The molecule has 0 atom stereocenters. The molecule has 0 spiro atoms. The van der Waals surface area contributed by atoms with Crippen LogP contribution in [0.15, 0.2) is 5.34 Å². The Labute approximate surface area is 94.2 Å². The van der Waals surface area contributed by atoms with Gasteiger partial charge in [-0.05, 0) is 6.42 Å². The molecule has 0 fully saturated rings. The highest BCUT2D eigenvalue weighted by molar-refractivity contribution is 4.35. The minimum atomic E-state index is -0.0366. The molecule has 0 aromatic rings. The first-order valence-corrected chi connectivity index (χ1v) is 4.98. The Morgan fingerprint density at radius 3 is 1.94 bits per heavy atom. The van der Waals surface area contributed by atoms with E-state index >= 15 is 0 Å². The van der Waals surface area contributed by atoms with E-state index in [0.717, 1.165) is 12.8 Å². The summed E-state index contributed by atoms with van der Waals surface area (Å²) in [5.74, 6) is 0. The first-order valence-electron chi connectivity index (χ1n) is 4.98. The van der Waals surface area contributed by atoms with E-state index in [2.05, 4.69) is 6.92 Å². The number of rotatable bonds is 9. The maximum atomic E-state index is 8.51. The third-order valence-electron chi connectivity index (χ3n) is 1.35. The van der Waals surface area contributed by atoms with Crippen molar-refractivity contribution in [1.82, 2.24) is 5.23 Å². The quantitative estimate of drug-likeness (QED) is 0.386. The first-order chi connectivity index (χ1) is 7.76. The van der Waals surface area contributed by atoms with Crippen molar-refractivity contribution in [2.75, 3.05) is 33.0 Å². The maximum Gasteiger partial charge on any atom is 0.152 e. The molecular formula is C8H20N2O6. The van der Waals surface area contributed by atoms with Crippen LogP contribution in [-0.4, -0.2) is 53.6 Å². The Bertz CT molecular complexity index is 119. The smallest absolute Gasteiger partial charge is 0.152 e. The second-order valence-electron chi connectivity index (χ2n) is 2.61. The van der Waals surface area contributed by atoms with Crippen LogP contribution in [0.4, 0.5) is 0 Å². The van der Waals surface area contributed by atoms with Gasteiger partial charge in [0.25, 0.3) is 0 Å². The topological polar surface area (TPSA) is 112 Å². The molecule has 8 nitrogen and oxygen atoms in total. The minimum Gasteiger partial charge on any atom is -0.394 e. The molecule has 0 aliphatic heterocycles. The summed E-state index contributed by atoms with van der Waals surface area (Å²) in [5, 5.41) is 26.2. The molecule has 0 saturated carbocycles. The Hall–Kier alpha value is -0.800. The van der Waals surface area contributed by atoms with Gasteiger partial charge in [0, 0.05) is 0 Å². The zero-order chi connectivity index (χ0) is 12.6. The van der Waals surface area contributed by atoms with Gasteiger partial charge in [0.15, 0.2) is 5.34 Å². The molecule has 0 aliphatic rings. The number of aliphatic hydroxyl groups excluding tert-OH is 2. The Kier molecular flexibility index (Phi) is 18.3. The van der Waals surface area contributed by atoms with Gasteiger partial charge in [-0.1, -0.05) is 18.6 Å². The molecule has 0 radical (unpaired) electrons. The Morgan fingerprint density at radius 2 is 1.62 bits per heavy atom. The van der Waals surface area contributed by atoms with E-state index in [1.807, 2.05) is 0 Å². The lowest BCUT2D eigenvalue weighted by atomic mass is 10.3. The second-order valence-corrected chi connectivity index (χ2v) is 2.61. The molecule has 0 aliphatic carbocycles. The van der Waals surface area contributed by atoms with Crippen molar-refractivity contribution in [1.29, 1.82) is 0 Å². The van der Waals surface area contributed by atoms with Crippen LogP contribution >= 0.6 is 0 Å². The maximum absolute atomic E-state index is 8.51. The minimum absolute atomic E-state index is 0.0366. The fourth-order valence-corrected chi connectivity index (χ4v) is 0.739. The number of aliphatic hydroxyl groups is 2. The fourth-order valence-electron chi connectivity index (χ4n) is 0.739. The van der Waals surface area contributed by atoms with Crippen molar-refractivity contribution in [3.63, 3.8) is 0 Å². The second kappa shape index (κ2) is 16.6. The van der Waals surface area contributed by atoms with Crippen LogP contribution < -0.4 is 0 Å². The highest BCUT2D eigenvalue weighted by Gasteiger charge is 2.03. The third-order valence-corrected chi connectivity index (χ3v) is 1.35. The normalized spacial score (nSPS) is 9.75. The SMILES string of the molecule is CCCCN(OCCO)OCCO.O=NO. The Morgan fingerprint density at radius 1 is 1.19 bits per heavy atom. The van der Waals surface area contributed by atoms with Gasteiger partial charge in [-0.2, -0.15) is 0 Å². The van der Waals surface area contributed by atoms with E-state index in [4.69, 9.17) is 30.0 Å². The van der Waals surface area contributed by atoms with Crippen LogP contribution in [0, 0.1) is 4.91 Å². The molecule has 16 heavy (non-hydrogen) atoms. The summed E-state index contributed by atoms with van der Waals surface area (Å²) >= 11 is 0. The largest absolute Gasteiger partial charge is 0.394 e. The average molecular weight is 240 g/mol. The predicted molar refractivity (Wildman–Crippen MR) is 55.3 cm³/mol. The molecule has 3 N–H and O–H groups in total. The summed E-state index contributed by atoms with van der Waals surface area (Å²) < 4.78 is 0. The number of unbranched alkanes of at least 4 members (excludes halogenated alkanes) is 1. The molecule has 0 aromatic heterocycles. The van der Waals surface area contributed by atoms with E-state index in [9.17, 15) is 0 Å². The molecule has 0 aromatic carbocycles. The summed E-state index contributed by atoms with van der Waals surface area (Å²) in [6, 6.07) is 0. The van der Waals surface area contributed by atoms with Crippen LogP contribution in [-0.2, 0) is 9.68 Å². The molecule has 0 bridgehead atoms. The van der Waals surface area contributed by atoms with Gasteiger partial charge in [-0.15, -0.1) is 4.91 Å². The lowest BCUT2D eigenvalue weighted by molar-refractivity contribution is -0.371. The molecule has 98 valence electrons. The van der Waals surface area contributed by atoms with Gasteiger partial charge in [0.2, 0.25) is 0 Å². The highest BCUT2D eigenvalue weighted by Crippen LogP contribution is 1.97. The van der Waals surface area contributed by atoms with E-state index in [1.54, 1.807) is 0 Å². The lowest BCUT2D eigenvalue weighted by Gasteiger charge is -2.19. The van der Waals surface area contributed by atoms with E-state index in [0.29, 0.717) is 6.54 Å². The number of hydroxylamine groups is 2. The van der Waals surface area contributed by atoms with Crippen molar-refractivity contribution in [3.05, 3.63) is 4.91 Å². The van der Waals surface area contributed by atoms with Gasteiger partial charge < -0.3 is 15.4 Å². The van der Waals surface area contributed by atoms with Crippen LogP contribution in [0.3, 0.4) is 0 Å². The van der Waals surface area contributed by atoms with Gasteiger partial charge in [-0.3, -0.25) is 9.68 Å². The van der Waals surface area contributed by atoms with Gasteiger partial charge in [-0.25, -0.2) is 0 Å². The fraction of sp³-hybridized carbons (Fsp3) is 1.00. The Balaban J connectivity index is 0. The van der Waals surface area contributed by atoms with Crippen molar-refractivity contribution in [2.45, 2.75) is 19.8 Å². The number of hydrogen-bond acceptors (Lipinski definition) is 7. The van der Waals surface area contributed by atoms with Gasteiger partial charge in [0.05, 0.1) is 33.0 Å². The zero-order valence-corrected chi connectivity index (χ0v) is 9.41. The van der Waals surface area contributed by atoms with Crippen LogP contribution in [0.5, 0.6) is 0 Å². The standard InChI is InChI=1S/C8H19NO4.HNO2/c1-2-3-4-9(12-7-5-10)13-8-6-11;2-1-3/h10-11H,2-8H2,1H3;(H,2,3). The lowest BCUT2D eigenvalue weighted by Crippen LogP contribution is -2.28. The summed E-state index contributed by atoms with van der Waals surface area (Å²) in [4.78, 5) is 18.2. The average Bonchev–Trinajstić information content (AvgIpc) is 2.29. The molecule has 0 saturated heterocycles.